The number of piperazine rings is 1. The highest BCUT2D eigenvalue weighted by molar-refractivity contribution is 5.89. The van der Waals surface area contributed by atoms with Crippen LogP contribution >= 0.6 is 0 Å². The fourth-order valence-corrected chi connectivity index (χ4v) is 4.57. The smallest absolute Gasteiger partial charge is 0.321 e. The lowest BCUT2D eigenvalue weighted by atomic mass is 10.1. The van der Waals surface area contributed by atoms with Crippen LogP contribution in [0.25, 0.3) is 22.0 Å². The van der Waals surface area contributed by atoms with Crippen LogP contribution in [0.2, 0.25) is 0 Å². The molecule has 1 fully saturated rings. The number of rotatable bonds is 5. The molecule has 7 nitrogen and oxygen atoms in total. The Hall–Kier alpha value is -4.91. The highest BCUT2D eigenvalue weighted by atomic mass is 16.5. The number of aromatic nitrogens is 2. The van der Waals surface area contributed by atoms with E-state index in [1.54, 1.807) is 0 Å². The number of para-hydroxylation sites is 1. The summed E-state index contributed by atoms with van der Waals surface area (Å²) in [5, 5.41) is 14.3. The van der Waals surface area contributed by atoms with Crippen molar-refractivity contribution in [1.82, 2.24) is 15.1 Å². The Bertz CT molecular complexity index is 1530. The number of carbonyl (C=O) groups excluding carboxylic acids is 1. The average molecular weight is 502 g/mol. The molecule has 0 radical (unpaired) electrons. The number of urea groups is 1. The van der Waals surface area contributed by atoms with Gasteiger partial charge in [0.05, 0.1) is 5.69 Å². The lowest BCUT2D eigenvalue weighted by Gasteiger charge is -2.35. The number of carbonyl (C=O) groups is 1. The number of fused-ring (bicyclic) bond motifs is 1. The first kappa shape index (κ1) is 23.5. The summed E-state index contributed by atoms with van der Waals surface area (Å²) in [5.74, 6) is 2.31. The van der Waals surface area contributed by atoms with Gasteiger partial charge >= 0.3 is 6.03 Å². The maximum Gasteiger partial charge on any atom is 0.321 e. The number of anilines is 2. The van der Waals surface area contributed by atoms with Gasteiger partial charge in [-0.05, 0) is 65.4 Å². The number of ether oxygens (including phenoxy) is 1. The van der Waals surface area contributed by atoms with E-state index in [1.165, 1.54) is 10.8 Å². The lowest BCUT2D eigenvalue weighted by molar-refractivity contribution is 0.208. The molecular weight excluding hydrogens is 474 g/mol. The minimum Gasteiger partial charge on any atom is -0.457 e. The maximum absolute atomic E-state index is 12.8. The summed E-state index contributed by atoms with van der Waals surface area (Å²) in [6.45, 7) is 2.60. The second-order valence-electron chi connectivity index (χ2n) is 9.18. The Labute approximate surface area is 221 Å². The SMILES string of the molecule is O=C(Nc1ccc(Oc2ccccc2)cc1)N1CCN(c2ccc(-c3ccc4ccccc4c3)nn2)CC1. The fourth-order valence-electron chi connectivity index (χ4n) is 4.57. The molecule has 1 aliphatic rings. The molecule has 188 valence electrons. The highest BCUT2D eigenvalue weighted by Crippen LogP contribution is 2.25. The number of hydrogen-bond donors (Lipinski definition) is 1. The Morgan fingerprint density at radius 3 is 2.13 bits per heavy atom. The molecule has 0 atom stereocenters. The standard InChI is InChI=1S/C31H27N5O2/c37-31(32-26-12-14-28(15-13-26)38-27-8-2-1-3-9-27)36-20-18-35(19-21-36)30-17-16-29(33-34-30)25-11-10-23-6-4-5-7-24(23)22-25/h1-17,22H,18-21H2,(H,32,37). The zero-order valence-electron chi connectivity index (χ0n) is 20.8. The molecule has 2 heterocycles. The van der Waals surface area contributed by atoms with Crippen LogP contribution in [-0.2, 0) is 0 Å². The molecule has 0 saturated carbocycles. The summed E-state index contributed by atoms with van der Waals surface area (Å²) in [7, 11) is 0. The van der Waals surface area contributed by atoms with Crippen LogP contribution in [0.3, 0.4) is 0 Å². The third kappa shape index (κ3) is 5.27. The van der Waals surface area contributed by atoms with Gasteiger partial charge < -0.3 is 19.9 Å². The van der Waals surface area contributed by atoms with Gasteiger partial charge in [0, 0.05) is 37.4 Å². The predicted molar refractivity (Wildman–Crippen MR) is 151 cm³/mol. The number of hydrogen-bond acceptors (Lipinski definition) is 5. The Kier molecular flexibility index (Phi) is 6.55. The van der Waals surface area contributed by atoms with Crippen LogP contribution in [0.5, 0.6) is 11.5 Å². The highest BCUT2D eigenvalue weighted by Gasteiger charge is 2.22. The summed E-state index contributed by atoms with van der Waals surface area (Å²) < 4.78 is 5.82. The number of nitrogens with one attached hydrogen (secondary N) is 1. The average Bonchev–Trinajstić information content (AvgIpc) is 2.98. The minimum absolute atomic E-state index is 0.112. The molecular formula is C31H27N5O2. The van der Waals surface area contributed by atoms with Crippen molar-refractivity contribution in [2.75, 3.05) is 36.4 Å². The van der Waals surface area contributed by atoms with E-state index in [-0.39, 0.29) is 6.03 Å². The third-order valence-corrected chi connectivity index (χ3v) is 6.67. The van der Waals surface area contributed by atoms with E-state index < -0.39 is 0 Å². The lowest BCUT2D eigenvalue weighted by Crippen LogP contribution is -2.50. The van der Waals surface area contributed by atoms with Gasteiger partial charge in [0.2, 0.25) is 0 Å². The van der Waals surface area contributed by atoms with Gasteiger partial charge in [-0.1, -0.05) is 54.6 Å². The van der Waals surface area contributed by atoms with Gasteiger partial charge in [0.15, 0.2) is 5.82 Å². The molecule has 0 bridgehead atoms. The number of amides is 2. The van der Waals surface area contributed by atoms with Crippen LogP contribution in [-0.4, -0.2) is 47.3 Å². The van der Waals surface area contributed by atoms with Crippen molar-refractivity contribution < 1.29 is 9.53 Å². The Morgan fingerprint density at radius 1 is 0.684 bits per heavy atom. The molecule has 38 heavy (non-hydrogen) atoms. The van der Waals surface area contributed by atoms with E-state index in [4.69, 9.17) is 4.74 Å². The first-order valence-corrected chi connectivity index (χ1v) is 12.7. The first-order chi connectivity index (χ1) is 18.7. The predicted octanol–water partition coefficient (Wildman–Crippen LogP) is 6.44. The van der Waals surface area contributed by atoms with Crippen LogP contribution in [0.4, 0.5) is 16.3 Å². The van der Waals surface area contributed by atoms with Crippen molar-refractivity contribution in [2.24, 2.45) is 0 Å². The topological polar surface area (TPSA) is 70.6 Å². The second-order valence-corrected chi connectivity index (χ2v) is 9.18. The summed E-state index contributed by atoms with van der Waals surface area (Å²) in [5.41, 5.74) is 2.62. The number of nitrogens with zero attached hydrogens (tertiary/aromatic N) is 4. The van der Waals surface area contributed by atoms with E-state index in [0.717, 1.165) is 34.3 Å². The zero-order valence-corrected chi connectivity index (χ0v) is 20.8. The van der Waals surface area contributed by atoms with Crippen molar-refractivity contribution in [3.63, 3.8) is 0 Å². The Morgan fingerprint density at radius 2 is 1.39 bits per heavy atom. The van der Waals surface area contributed by atoms with E-state index >= 15 is 0 Å². The molecule has 5 aromatic rings. The molecule has 1 aromatic heterocycles. The van der Waals surface area contributed by atoms with Gasteiger partial charge in [0.25, 0.3) is 0 Å². The van der Waals surface area contributed by atoms with Crippen LogP contribution < -0.4 is 15.0 Å². The van der Waals surface area contributed by atoms with Crippen molar-refractivity contribution in [3.05, 3.63) is 109 Å². The largest absolute Gasteiger partial charge is 0.457 e. The third-order valence-electron chi connectivity index (χ3n) is 6.67. The fraction of sp³-hybridized carbons (Fsp3) is 0.129. The van der Waals surface area contributed by atoms with Crippen molar-refractivity contribution >= 4 is 28.3 Å². The molecule has 1 N–H and O–H groups in total. The molecule has 1 aliphatic heterocycles. The second kappa shape index (κ2) is 10.6. The van der Waals surface area contributed by atoms with Gasteiger partial charge in [-0.3, -0.25) is 0 Å². The monoisotopic (exact) mass is 501 g/mol. The van der Waals surface area contributed by atoms with E-state index in [9.17, 15) is 4.79 Å². The Balaban J connectivity index is 1.02. The van der Waals surface area contributed by atoms with Gasteiger partial charge in [-0.2, -0.15) is 0 Å². The molecule has 6 rings (SSSR count). The van der Waals surface area contributed by atoms with E-state index in [1.807, 2.05) is 83.8 Å². The summed E-state index contributed by atoms with van der Waals surface area (Å²) in [6, 6.07) is 35.5. The normalized spacial score (nSPS) is 13.4. The minimum atomic E-state index is -0.112. The quantitative estimate of drug-likeness (QED) is 0.300. The van der Waals surface area contributed by atoms with Crippen molar-refractivity contribution in [3.8, 4) is 22.8 Å². The molecule has 4 aromatic carbocycles. The molecule has 7 heteroatoms. The molecule has 0 unspecified atom stereocenters. The molecule has 2 amide bonds. The molecule has 1 saturated heterocycles. The van der Waals surface area contributed by atoms with E-state index in [2.05, 4.69) is 50.7 Å². The van der Waals surface area contributed by atoms with Gasteiger partial charge in [0.1, 0.15) is 11.5 Å². The van der Waals surface area contributed by atoms with Crippen molar-refractivity contribution in [1.29, 1.82) is 0 Å². The van der Waals surface area contributed by atoms with Crippen LogP contribution in [0.1, 0.15) is 0 Å². The van der Waals surface area contributed by atoms with Crippen molar-refractivity contribution in [2.45, 2.75) is 0 Å². The first-order valence-electron chi connectivity index (χ1n) is 12.7. The number of benzene rings is 4. The van der Waals surface area contributed by atoms with Gasteiger partial charge in [-0.25, -0.2) is 4.79 Å². The van der Waals surface area contributed by atoms with Gasteiger partial charge in [-0.15, -0.1) is 10.2 Å². The summed E-state index contributed by atoms with van der Waals surface area (Å²) in [6.07, 6.45) is 0. The van der Waals surface area contributed by atoms with Crippen LogP contribution in [0, 0.1) is 0 Å². The van der Waals surface area contributed by atoms with E-state index in [0.29, 0.717) is 26.2 Å². The zero-order chi connectivity index (χ0) is 25.7. The molecule has 0 aliphatic carbocycles. The van der Waals surface area contributed by atoms with Crippen LogP contribution in [0.15, 0.2) is 109 Å². The molecule has 0 spiro atoms. The summed E-state index contributed by atoms with van der Waals surface area (Å²) in [4.78, 5) is 16.8. The maximum atomic E-state index is 12.8. The summed E-state index contributed by atoms with van der Waals surface area (Å²) >= 11 is 0.